The first-order chi connectivity index (χ1) is 13.6. The number of carbonyl (C=O) groups excluding carboxylic acids is 1. The number of hydrogen-bond donors (Lipinski definition) is 1. The van der Waals surface area contributed by atoms with Crippen LogP contribution in [-0.4, -0.2) is 49.0 Å². The van der Waals surface area contributed by atoms with Gasteiger partial charge >= 0.3 is 0 Å². The Morgan fingerprint density at radius 3 is 3.00 bits per heavy atom. The fourth-order valence-corrected chi connectivity index (χ4v) is 3.91. The van der Waals surface area contributed by atoms with Crippen molar-refractivity contribution in [3.63, 3.8) is 0 Å². The lowest BCUT2D eigenvalue weighted by atomic mass is 10.1. The van der Waals surface area contributed by atoms with Crippen LogP contribution in [0.25, 0.3) is 0 Å². The van der Waals surface area contributed by atoms with Crippen LogP contribution < -0.4 is 5.32 Å². The average Bonchev–Trinajstić information content (AvgIpc) is 3.37. The zero-order valence-corrected chi connectivity index (χ0v) is 16.6. The molecule has 1 atom stereocenters. The van der Waals surface area contributed by atoms with Gasteiger partial charge in [0.2, 0.25) is 5.13 Å². The Labute approximate surface area is 167 Å². The topological polar surface area (TPSA) is 96.8 Å². The standard InChI is InChI=1S/C19H21N7OS/c1-3-16-24-25-19(28-16)23-15-9-12(2)21-17(22-15)14-6-8-26(11-14)18(27)13-5-4-7-20-10-13/h4-5,7,9-10,14H,3,6,8,11H2,1-2H3,(H,21,22,23,25)/t14-/m1/s1. The van der Waals surface area contributed by atoms with Gasteiger partial charge in [-0.05, 0) is 31.9 Å². The molecular weight excluding hydrogens is 374 g/mol. The highest BCUT2D eigenvalue weighted by Crippen LogP contribution is 2.28. The average molecular weight is 395 g/mol. The van der Waals surface area contributed by atoms with Crippen LogP contribution in [0.15, 0.2) is 30.6 Å². The van der Waals surface area contributed by atoms with Crippen LogP contribution in [0.3, 0.4) is 0 Å². The van der Waals surface area contributed by atoms with Gasteiger partial charge in [0.1, 0.15) is 16.6 Å². The lowest BCUT2D eigenvalue weighted by molar-refractivity contribution is 0.0790. The molecule has 0 spiro atoms. The number of anilines is 2. The number of hydrogen-bond acceptors (Lipinski definition) is 8. The lowest BCUT2D eigenvalue weighted by Gasteiger charge is -2.16. The molecule has 4 heterocycles. The van der Waals surface area contributed by atoms with Crippen molar-refractivity contribution in [1.29, 1.82) is 0 Å². The second-order valence-electron chi connectivity index (χ2n) is 6.71. The molecule has 4 rings (SSSR count). The summed E-state index contributed by atoms with van der Waals surface area (Å²) >= 11 is 1.52. The molecule has 1 saturated heterocycles. The van der Waals surface area contributed by atoms with Crippen LogP contribution >= 0.6 is 11.3 Å². The summed E-state index contributed by atoms with van der Waals surface area (Å²) in [6.07, 6.45) is 4.97. The van der Waals surface area contributed by atoms with Crippen molar-refractivity contribution in [2.24, 2.45) is 0 Å². The molecule has 28 heavy (non-hydrogen) atoms. The van der Waals surface area contributed by atoms with Gasteiger partial charge in [-0.2, -0.15) is 0 Å². The quantitative estimate of drug-likeness (QED) is 0.709. The molecule has 0 radical (unpaired) electrons. The van der Waals surface area contributed by atoms with Crippen LogP contribution in [0.2, 0.25) is 0 Å². The number of amides is 1. The van der Waals surface area contributed by atoms with Crippen molar-refractivity contribution in [2.75, 3.05) is 18.4 Å². The van der Waals surface area contributed by atoms with Gasteiger partial charge in [-0.15, -0.1) is 10.2 Å². The molecule has 1 fully saturated rings. The van der Waals surface area contributed by atoms with Crippen LogP contribution in [0.4, 0.5) is 10.9 Å². The van der Waals surface area contributed by atoms with E-state index in [2.05, 4.69) is 37.4 Å². The molecule has 1 aliphatic rings. The van der Waals surface area contributed by atoms with Crippen molar-refractivity contribution < 1.29 is 4.79 Å². The number of carbonyl (C=O) groups is 1. The number of nitrogens with zero attached hydrogens (tertiary/aromatic N) is 6. The number of aromatic nitrogens is 5. The fraction of sp³-hybridized carbons (Fsp3) is 0.368. The monoisotopic (exact) mass is 395 g/mol. The Morgan fingerprint density at radius 1 is 1.36 bits per heavy atom. The second-order valence-corrected chi connectivity index (χ2v) is 7.77. The molecule has 1 aliphatic heterocycles. The Morgan fingerprint density at radius 2 is 2.25 bits per heavy atom. The summed E-state index contributed by atoms with van der Waals surface area (Å²) < 4.78 is 0. The normalized spacial score (nSPS) is 16.4. The Hall–Kier alpha value is -2.94. The number of aryl methyl sites for hydroxylation is 2. The first-order valence-electron chi connectivity index (χ1n) is 9.26. The van der Waals surface area contributed by atoms with Gasteiger partial charge in [0.15, 0.2) is 0 Å². The van der Waals surface area contributed by atoms with Gasteiger partial charge in [-0.1, -0.05) is 18.3 Å². The zero-order chi connectivity index (χ0) is 19.5. The molecule has 8 nitrogen and oxygen atoms in total. The molecule has 1 N–H and O–H groups in total. The smallest absolute Gasteiger partial charge is 0.255 e. The SMILES string of the molecule is CCc1nnc(Nc2cc(C)nc([C@@H]3CCN(C(=O)c4cccnc4)C3)n2)s1. The minimum atomic E-state index is 0.00237. The number of rotatable bonds is 5. The summed E-state index contributed by atoms with van der Waals surface area (Å²) in [5.41, 5.74) is 1.49. The molecule has 3 aromatic rings. The highest BCUT2D eigenvalue weighted by molar-refractivity contribution is 7.15. The minimum absolute atomic E-state index is 0.00237. The second kappa shape index (κ2) is 7.97. The number of pyridine rings is 1. The molecule has 0 saturated carbocycles. The highest BCUT2D eigenvalue weighted by Gasteiger charge is 2.30. The summed E-state index contributed by atoms with van der Waals surface area (Å²) in [6.45, 7) is 5.29. The molecule has 3 aromatic heterocycles. The van der Waals surface area contributed by atoms with E-state index in [1.54, 1.807) is 24.5 Å². The first kappa shape index (κ1) is 18.4. The van der Waals surface area contributed by atoms with Gasteiger partial charge < -0.3 is 10.2 Å². The van der Waals surface area contributed by atoms with E-state index < -0.39 is 0 Å². The fourth-order valence-electron chi connectivity index (χ4n) is 3.22. The molecule has 0 bridgehead atoms. The lowest BCUT2D eigenvalue weighted by Crippen LogP contribution is -2.28. The summed E-state index contributed by atoms with van der Waals surface area (Å²) in [5, 5.41) is 13.2. The highest BCUT2D eigenvalue weighted by atomic mass is 32.1. The number of nitrogens with one attached hydrogen (secondary N) is 1. The molecule has 9 heteroatoms. The predicted octanol–water partition coefficient (Wildman–Crippen LogP) is 2.97. The molecule has 1 amide bonds. The van der Waals surface area contributed by atoms with E-state index >= 15 is 0 Å². The largest absolute Gasteiger partial charge is 0.338 e. The Balaban J connectivity index is 1.48. The van der Waals surface area contributed by atoms with E-state index in [-0.39, 0.29) is 11.8 Å². The predicted molar refractivity (Wildman–Crippen MR) is 107 cm³/mol. The van der Waals surface area contributed by atoms with Gasteiger partial charge in [-0.3, -0.25) is 9.78 Å². The third-order valence-electron chi connectivity index (χ3n) is 4.62. The van der Waals surface area contributed by atoms with Gasteiger partial charge in [0.25, 0.3) is 5.91 Å². The maximum Gasteiger partial charge on any atom is 0.255 e. The van der Waals surface area contributed by atoms with Crippen molar-refractivity contribution in [1.82, 2.24) is 30.0 Å². The van der Waals surface area contributed by atoms with E-state index in [1.807, 2.05) is 17.9 Å². The molecule has 0 unspecified atom stereocenters. The third-order valence-corrected chi connectivity index (χ3v) is 5.61. The van der Waals surface area contributed by atoms with Crippen molar-refractivity contribution >= 4 is 28.2 Å². The maximum absolute atomic E-state index is 12.6. The van der Waals surface area contributed by atoms with Crippen LogP contribution in [0, 0.1) is 6.92 Å². The molecular formula is C19H21N7OS. The Bertz CT molecular complexity index is 975. The number of likely N-dealkylation sites (tertiary alicyclic amines) is 1. The van der Waals surface area contributed by atoms with E-state index in [0.717, 1.165) is 34.5 Å². The minimum Gasteiger partial charge on any atom is -0.338 e. The van der Waals surface area contributed by atoms with Crippen molar-refractivity contribution in [2.45, 2.75) is 32.6 Å². The summed E-state index contributed by atoms with van der Waals surface area (Å²) in [5.74, 6) is 1.58. The third kappa shape index (κ3) is 3.99. The summed E-state index contributed by atoms with van der Waals surface area (Å²) in [7, 11) is 0. The van der Waals surface area contributed by atoms with E-state index in [1.165, 1.54) is 11.3 Å². The van der Waals surface area contributed by atoms with E-state index in [4.69, 9.17) is 0 Å². The van der Waals surface area contributed by atoms with Crippen molar-refractivity contribution in [3.8, 4) is 0 Å². The van der Waals surface area contributed by atoms with Gasteiger partial charge in [0, 0.05) is 43.2 Å². The first-order valence-corrected chi connectivity index (χ1v) is 10.1. The summed E-state index contributed by atoms with van der Waals surface area (Å²) in [4.78, 5) is 27.8. The Kier molecular flexibility index (Phi) is 5.25. The molecule has 144 valence electrons. The van der Waals surface area contributed by atoms with Crippen LogP contribution in [0.5, 0.6) is 0 Å². The maximum atomic E-state index is 12.6. The molecule has 0 aliphatic carbocycles. The zero-order valence-electron chi connectivity index (χ0n) is 15.8. The molecule has 0 aromatic carbocycles. The van der Waals surface area contributed by atoms with Crippen LogP contribution in [-0.2, 0) is 6.42 Å². The van der Waals surface area contributed by atoms with Gasteiger partial charge in [0.05, 0.1) is 5.56 Å². The van der Waals surface area contributed by atoms with Crippen molar-refractivity contribution in [3.05, 3.63) is 52.7 Å². The van der Waals surface area contributed by atoms with Gasteiger partial charge in [-0.25, -0.2) is 9.97 Å². The van der Waals surface area contributed by atoms with Crippen LogP contribution in [0.1, 0.15) is 46.1 Å². The summed E-state index contributed by atoms with van der Waals surface area (Å²) in [6, 6.07) is 5.46. The van der Waals surface area contributed by atoms with E-state index in [9.17, 15) is 4.79 Å². The van der Waals surface area contributed by atoms with E-state index in [0.29, 0.717) is 24.5 Å².